The fraction of sp³-hybridized carbons (Fsp3) is 0.667. The van der Waals surface area contributed by atoms with Crippen molar-refractivity contribution >= 4 is 11.9 Å². The minimum atomic E-state index is -0.959. The van der Waals surface area contributed by atoms with E-state index in [-0.39, 0.29) is 25.7 Å². The van der Waals surface area contributed by atoms with Gasteiger partial charge in [0.15, 0.2) is 0 Å². The molecule has 0 bridgehead atoms. The average molecular weight is 255 g/mol. The van der Waals surface area contributed by atoms with Crippen LogP contribution in [0.2, 0.25) is 0 Å². The van der Waals surface area contributed by atoms with Crippen LogP contribution in [-0.2, 0) is 20.9 Å². The number of aliphatic carboxylic acids is 1. The summed E-state index contributed by atoms with van der Waals surface area (Å²) in [5.41, 5.74) is 0. The summed E-state index contributed by atoms with van der Waals surface area (Å²) < 4.78 is 6.40. The third kappa shape index (κ3) is 2.45. The number of ether oxygens (including phenoxy) is 1. The van der Waals surface area contributed by atoms with Crippen LogP contribution >= 0.6 is 0 Å². The maximum absolute atomic E-state index is 11.9. The molecule has 1 N–H and O–H groups in total. The molecule has 0 saturated carbocycles. The van der Waals surface area contributed by atoms with E-state index in [1.165, 1.54) is 15.9 Å². The number of carboxylic acids is 1. The van der Waals surface area contributed by atoms with Crippen LogP contribution in [0.3, 0.4) is 0 Å². The van der Waals surface area contributed by atoms with E-state index in [0.29, 0.717) is 0 Å². The van der Waals surface area contributed by atoms with E-state index < -0.39 is 17.9 Å². The summed E-state index contributed by atoms with van der Waals surface area (Å²) in [7, 11) is 1.56. The normalized spacial score (nSPS) is 22.9. The summed E-state index contributed by atoms with van der Waals surface area (Å²) in [6, 6.07) is -0.452. The highest BCUT2D eigenvalue weighted by atomic mass is 16.5. The van der Waals surface area contributed by atoms with Gasteiger partial charge in [-0.1, -0.05) is 0 Å². The van der Waals surface area contributed by atoms with E-state index in [2.05, 4.69) is 15.5 Å². The molecule has 98 valence electrons. The smallest absolute Gasteiger partial charge is 0.311 e. The molecule has 1 aliphatic heterocycles. The monoisotopic (exact) mass is 255 g/mol. The molecule has 18 heavy (non-hydrogen) atoms. The minimum absolute atomic E-state index is 0.0215. The van der Waals surface area contributed by atoms with Gasteiger partial charge in [0.2, 0.25) is 5.91 Å². The lowest BCUT2D eigenvalue weighted by atomic mass is 10.0. The Labute approximate surface area is 102 Å². The van der Waals surface area contributed by atoms with E-state index in [1.807, 2.05) is 0 Å². The van der Waals surface area contributed by atoms with Gasteiger partial charge in [-0.25, -0.2) is 4.68 Å². The number of rotatable bonds is 4. The minimum Gasteiger partial charge on any atom is -0.481 e. The fourth-order valence-corrected chi connectivity index (χ4v) is 1.85. The molecule has 2 unspecified atom stereocenters. The molecule has 9 nitrogen and oxygen atoms in total. The van der Waals surface area contributed by atoms with Crippen molar-refractivity contribution in [3.8, 4) is 0 Å². The third-order valence-corrected chi connectivity index (χ3v) is 2.95. The lowest BCUT2D eigenvalue weighted by molar-refractivity contribution is -0.144. The molecule has 1 aliphatic rings. The summed E-state index contributed by atoms with van der Waals surface area (Å²) >= 11 is 0. The zero-order chi connectivity index (χ0) is 13.1. The van der Waals surface area contributed by atoms with Crippen LogP contribution in [-0.4, -0.2) is 68.4 Å². The first-order valence-electron chi connectivity index (χ1n) is 5.36. The summed E-state index contributed by atoms with van der Waals surface area (Å²) in [5, 5.41) is 19.4. The highest BCUT2D eigenvalue weighted by Crippen LogP contribution is 2.19. The highest BCUT2D eigenvalue weighted by molar-refractivity contribution is 5.78. The van der Waals surface area contributed by atoms with Gasteiger partial charge in [-0.05, 0) is 10.4 Å². The molecule has 0 aliphatic carbocycles. The van der Waals surface area contributed by atoms with Crippen molar-refractivity contribution in [2.24, 2.45) is 5.92 Å². The topological polar surface area (TPSA) is 110 Å². The number of aromatic nitrogens is 4. The molecule has 0 aromatic carbocycles. The summed E-state index contributed by atoms with van der Waals surface area (Å²) in [5.74, 6) is -1.91. The molecule has 0 spiro atoms. The van der Waals surface area contributed by atoms with Crippen molar-refractivity contribution in [3.05, 3.63) is 6.33 Å². The molecular formula is C9H13N5O4. The van der Waals surface area contributed by atoms with Gasteiger partial charge in [0.25, 0.3) is 0 Å². The molecule has 2 atom stereocenters. The largest absolute Gasteiger partial charge is 0.481 e. The molecule has 2 rings (SSSR count). The molecular weight excluding hydrogens is 242 g/mol. The van der Waals surface area contributed by atoms with Gasteiger partial charge in [-0.3, -0.25) is 9.59 Å². The van der Waals surface area contributed by atoms with Gasteiger partial charge < -0.3 is 14.7 Å². The first-order valence-corrected chi connectivity index (χ1v) is 5.36. The zero-order valence-corrected chi connectivity index (χ0v) is 9.76. The van der Waals surface area contributed by atoms with Crippen molar-refractivity contribution in [2.75, 3.05) is 20.3 Å². The van der Waals surface area contributed by atoms with Crippen LogP contribution in [0.5, 0.6) is 0 Å². The third-order valence-electron chi connectivity index (χ3n) is 2.95. The van der Waals surface area contributed by atoms with E-state index in [0.717, 1.165) is 0 Å². The number of amides is 1. The van der Waals surface area contributed by atoms with E-state index in [4.69, 9.17) is 9.84 Å². The van der Waals surface area contributed by atoms with E-state index in [9.17, 15) is 9.59 Å². The lowest BCUT2D eigenvalue weighted by Crippen LogP contribution is -2.45. The number of nitrogens with zero attached hydrogens (tertiary/aromatic N) is 5. The molecule has 2 heterocycles. The predicted octanol–water partition coefficient (Wildman–Crippen LogP) is -1.77. The number of carboxylic acid groups (broad SMARTS) is 1. The number of hydrogen-bond acceptors (Lipinski definition) is 6. The van der Waals surface area contributed by atoms with E-state index >= 15 is 0 Å². The van der Waals surface area contributed by atoms with Crippen LogP contribution in [0.1, 0.15) is 0 Å². The molecule has 1 aromatic rings. The van der Waals surface area contributed by atoms with Gasteiger partial charge in [0.1, 0.15) is 18.8 Å². The molecule has 9 heteroatoms. The Morgan fingerprint density at radius 1 is 1.56 bits per heavy atom. The second-order valence-electron chi connectivity index (χ2n) is 4.06. The maximum atomic E-state index is 11.9. The van der Waals surface area contributed by atoms with Gasteiger partial charge in [-0.2, -0.15) is 0 Å². The number of tetrazole rings is 1. The molecule has 1 saturated heterocycles. The Hall–Kier alpha value is -2.03. The van der Waals surface area contributed by atoms with E-state index in [1.54, 1.807) is 7.05 Å². The second-order valence-corrected chi connectivity index (χ2v) is 4.06. The summed E-state index contributed by atoms with van der Waals surface area (Å²) in [4.78, 5) is 24.3. The first-order chi connectivity index (χ1) is 8.59. The molecule has 0 radical (unpaired) electrons. The predicted molar refractivity (Wildman–Crippen MR) is 56.3 cm³/mol. The van der Waals surface area contributed by atoms with Crippen molar-refractivity contribution < 1.29 is 19.4 Å². The number of hydrogen-bond donors (Lipinski definition) is 1. The van der Waals surface area contributed by atoms with Gasteiger partial charge in [0.05, 0.1) is 19.3 Å². The SMILES string of the molecule is CN(C(=O)Cn1cnnn1)C1COCC1C(=O)O. The van der Waals surface area contributed by atoms with Crippen LogP contribution < -0.4 is 0 Å². The Balaban J connectivity index is 1.99. The number of likely N-dealkylation sites (N-methyl/N-ethyl adjacent to an activating group) is 1. The Kier molecular flexibility index (Phi) is 3.51. The van der Waals surface area contributed by atoms with Gasteiger partial charge >= 0.3 is 5.97 Å². The van der Waals surface area contributed by atoms with Crippen molar-refractivity contribution in [1.82, 2.24) is 25.1 Å². The Morgan fingerprint density at radius 3 is 2.94 bits per heavy atom. The lowest BCUT2D eigenvalue weighted by Gasteiger charge is -2.26. The first kappa shape index (κ1) is 12.4. The number of carbonyl (C=O) groups excluding carboxylic acids is 1. The van der Waals surface area contributed by atoms with Gasteiger partial charge in [-0.15, -0.1) is 5.10 Å². The fourth-order valence-electron chi connectivity index (χ4n) is 1.85. The Bertz CT molecular complexity index is 434. The quantitative estimate of drug-likeness (QED) is 0.677. The number of carbonyl (C=O) groups is 2. The van der Waals surface area contributed by atoms with Gasteiger partial charge in [0, 0.05) is 7.05 Å². The highest BCUT2D eigenvalue weighted by Gasteiger charge is 2.38. The van der Waals surface area contributed by atoms with Crippen molar-refractivity contribution in [1.29, 1.82) is 0 Å². The molecule has 1 fully saturated rings. The van der Waals surface area contributed by atoms with Crippen LogP contribution in [0.25, 0.3) is 0 Å². The van der Waals surface area contributed by atoms with Crippen molar-refractivity contribution in [3.63, 3.8) is 0 Å². The standard InChI is InChI=1S/C9H13N5O4/c1-13(7-4-18-3-6(7)9(16)17)8(15)2-14-5-10-11-12-14/h5-7H,2-4H2,1H3,(H,16,17). The molecule has 1 amide bonds. The molecule has 1 aromatic heterocycles. The van der Waals surface area contributed by atoms with Crippen molar-refractivity contribution in [2.45, 2.75) is 12.6 Å². The zero-order valence-electron chi connectivity index (χ0n) is 9.76. The maximum Gasteiger partial charge on any atom is 0.311 e. The summed E-state index contributed by atoms with van der Waals surface area (Å²) in [6.07, 6.45) is 1.32. The Morgan fingerprint density at radius 2 is 2.33 bits per heavy atom. The van der Waals surface area contributed by atoms with Crippen LogP contribution in [0.15, 0.2) is 6.33 Å². The second kappa shape index (κ2) is 5.08. The summed E-state index contributed by atoms with van der Waals surface area (Å²) in [6.45, 7) is 0.337. The van der Waals surface area contributed by atoms with Crippen LogP contribution in [0, 0.1) is 5.92 Å². The average Bonchev–Trinajstić information content (AvgIpc) is 2.97. The van der Waals surface area contributed by atoms with Crippen LogP contribution in [0.4, 0.5) is 0 Å².